The molecule has 84 valence electrons. The number of rotatable bonds is 2. The van der Waals surface area contributed by atoms with E-state index in [4.69, 9.17) is 5.73 Å². The van der Waals surface area contributed by atoms with Gasteiger partial charge in [-0.3, -0.25) is 0 Å². The molecule has 0 saturated heterocycles. The van der Waals surface area contributed by atoms with Crippen LogP contribution in [-0.4, -0.2) is 11.0 Å². The molecule has 0 radical (unpaired) electrons. The van der Waals surface area contributed by atoms with Crippen LogP contribution in [0, 0.1) is 18.8 Å². The smallest absolute Gasteiger partial charge is 0.0930 e. The van der Waals surface area contributed by atoms with Gasteiger partial charge < -0.3 is 5.73 Å². The first-order valence-corrected chi connectivity index (χ1v) is 6.69. The van der Waals surface area contributed by atoms with Crippen LogP contribution in [0.2, 0.25) is 0 Å². The van der Waals surface area contributed by atoms with Gasteiger partial charge in [0, 0.05) is 23.5 Å². The summed E-state index contributed by atoms with van der Waals surface area (Å²) >= 11 is 1.79. The van der Waals surface area contributed by atoms with Gasteiger partial charge in [0.15, 0.2) is 0 Å². The molecule has 1 fully saturated rings. The molecule has 0 amide bonds. The van der Waals surface area contributed by atoms with E-state index in [9.17, 15) is 0 Å². The number of aryl methyl sites for hydroxylation is 1. The Morgan fingerprint density at radius 3 is 3.00 bits per heavy atom. The summed E-state index contributed by atoms with van der Waals surface area (Å²) in [5.74, 6) is 1.56. The number of nitrogens with zero attached hydrogens (tertiary/aromatic N) is 1. The van der Waals surface area contributed by atoms with Crippen LogP contribution in [0.25, 0.3) is 0 Å². The quantitative estimate of drug-likeness (QED) is 0.839. The highest BCUT2D eigenvalue weighted by Gasteiger charge is 2.26. The summed E-state index contributed by atoms with van der Waals surface area (Å²) in [5.41, 5.74) is 7.18. The molecule has 2 nitrogen and oxygen atoms in total. The molecule has 0 spiro atoms. The molecule has 2 N–H and O–H groups in total. The molecule has 1 aromatic rings. The van der Waals surface area contributed by atoms with Gasteiger partial charge in [-0.25, -0.2) is 4.98 Å². The summed E-state index contributed by atoms with van der Waals surface area (Å²) in [6.07, 6.45) is 4.80. The van der Waals surface area contributed by atoms with E-state index in [0.717, 1.165) is 24.0 Å². The molecule has 1 aliphatic carbocycles. The fourth-order valence-electron chi connectivity index (χ4n) is 2.46. The summed E-state index contributed by atoms with van der Waals surface area (Å²) in [6, 6.07) is 0.423. The maximum absolute atomic E-state index is 6.03. The molecule has 3 atom stereocenters. The Bertz CT molecular complexity index is 321. The van der Waals surface area contributed by atoms with Gasteiger partial charge in [-0.05, 0) is 38.0 Å². The standard InChI is InChI=1S/C12H20N2S/c1-8-3-4-11(13)5-10(8)6-12-14-9(2)7-15-12/h7-8,10-11H,3-6,13H2,1-2H3. The molecule has 15 heavy (non-hydrogen) atoms. The van der Waals surface area contributed by atoms with Crippen molar-refractivity contribution in [1.82, 2.24) is 4.98 Å². The minimum Gasteiger partial charge on any atom is -0.328 e. The summed E-state index contributed by atoms with van der Waals surface area (Å²) < 4.78 is 0. The SMILES string of the molecule is Cc1csc(CC2CC(N)CCC2C)n1. The molecule has 3 unspecified atom stereocenters. The first-order chi connectivity index (χ1) is 7.15. The van der Waals surface area contributed by atoms with E-state index in [-0.39, 0.29) is 0 Å². The van der Waals surface area contributed by atoms with Gasteiger partial charge >= 0.3 is 0 Å². The first-order valence-electron chi connectivity index (χ1n) is 5.81. The van der Waals surface area contributed by atoms with Gasteiger partial charge in [-0.2, -0.15) is 0 Å². The van der Waals surface area contributed by atoms with E-state index in [1.54, 1.807) is 11.3 Å². The van der Waals surface area contributed by atoms with Crippen molar-refractivity contribution in [1.29, 1.82) is 0 Å². The molecule has 3 heteroatoms. The van der Waals surface area contributed by atoms with Crippen LogP contribution in [0.5, 0.6) is 0 Å². The zero-order chi connectivity index (χ0) is 10.8. The van der Waals surface area contributed by atoms with Gasteiger partial charge in [0.25, 0.3) is 0 Å². The van der Waals surface area contributed by atoms with Crippen molar-refractivity contribution in [2.45, 2.75) is 45.6 Å². The second-order valence-electron chi connectivity index (χ2n) is 4.90. The summed E-state index contributed by atoms with van der Waals surface area (Å²) in [6.45, 7) is 4.42. The predicted octanol–water partition coefficient (Wildman–Crippen LogP) is 2.76. The van der Waals surface area contributed by atoms with Crippen molar-refractivity contribution in [2.24, 2.45) is 17.6 Å². The third kappa shape index (κ3) is 2.79. The maximum atomic E-state index is 6.03. The van der Waals surface area contributed by atoms with Crippen molar-refractivity contribution in [2.75, 3.05) is 0 Å². The molecule has 0 aliphatic heterocycles. The van der Waals surface area contributed by atoms with Gasteiger partial charge in [0.1, 0.15) is 0 Å². The number of nitrogens with two attached hydrogens (primary N) is 1. The van der Waals surface area contributed by atoms with Crippen LogP contribution >= 0.6 is 11.3 Å². The lowest BCUT2D eigenvalue weighted by atomic mass is 9.77. The Hall–Kier alpha value is -0.410. The van der Waals surface area contributed by atoms with Crippen molar-refractivity contribution in [3.05, 3.63) is 16.1 Å². The zero-order valence-corrected chi connectivity index (χ0v) is 10.4. The van der Waals surface area contributed by atoms with E-state index in [1.165, 1.54) is 24.3 Å². The molecule has 1 heterocycles. The molecule has 0 bridgehead atoms. The Morgan fingerprint density at radius 1 is 1.53 bits per heavy atom. The zero-order valence-electron chi connectivity index (χ0n) is 9.57. The lowest BCUT2D eigenvalue weighted by Gasteiger charge is -2.32. The van der Waals surface area contributed by atoms with E-state index in [0.29, 0.717) is 6.04 Å². The van der Waals surface area contributed by atoms with Crippen molar-refractivity contribution >= 4 is 11.3 Å². The van der Waals surface area contributed by atoms with Crippen molar-refractivity contribution in [3.63, 3.8) is 0 Å². The Balaban J connectivity index is 1.98. The molecular weight excluding hydrogens is 204 g/mol. The highest BCUT2D eigenvalue weighted by Crippen LogP contribution is 2.32. The average molecular weight is 224 g/mol. The van der Waals surface area contributed by atoms with Crippen LogP contribution in [-0.2, 0) is 6.42 Å². The monoisotopic (exact) mass is 224 g/mol. The van der Waals surface area contributed by atoms with Gasteiger partial charge in [-0.1, -0.05) is 6.92 Å². The van der Waals surface area contributed by atoms with Crippen LogP contribution < -0.4 is 5.73 Å². The number of aromatic nitrogens is 1. The van der Waals surface area contributed by atoms with E-state index in [2.05, 4.69) is 24.2 Å². The average Bonchev–Trinajstić information content (AvgIpc) is 2.58. The first kappa shape index (κ1) is 11.1. The highest BCUT2D eigenvalue weighted by molar-refractivity contribution is 7.09. The molecule has 0 aromatic carbocycles. The van der Waals surface area contributed by atoms with Crippen molar-refractivity contribution < 1.29 is 0 Å². The number of hydrogen-bond acceptors (Lipinski definition) is 3. The van der Waals surface area contributed by atoms with Crippen LogP contribution in [0.3, 0.4) is 0 Å². The molecule has 1 aromatic heterocycles. The number of thiazole rings is 1. The summed E-state index contributed by atoms with van der Waals surface area (Å²) in [5, 5.41) is 3.43. The normalized spacial score (nSPS) is 31.8. The molecule has 1 saturated carbocycles. The van der Waals surface area contributed by atoms with Gasteiger partial charge in [0.05, 0.1) is 5.01 Å². The topological polar surface area (TPSA) is 38.9 Å². The lowest BCUT2D eigenvalue weighted by Crippen LogP contribution is -2.33. The second-order valence-corrected chi connectivity index (χ2v) is 5.84. The Kier molecular flexibility index (Phi) is 3.42. The second kappa shape index (κ2) is 4.62. The van der Waals surface area contributed by atoms with Crippen molar-refractivity contribution in [3.8, 4) is 0 Å². The van der Waals surface area contributed by atoms with E-state index >= 15 is 0 Å². The fraction of sp³-hybridized carbons (Fsp3) is 0.750. The third-order valence-corrected chi connectivity index (χ3v) is 4.50. The lowest BCUT2D eigenvalue weighted by molar-refractivity contribution is 0.231. The van der Waals surface area contributed by atoms with Crippen LogP contribution in [0.15, 0.2) is 5.38 Å². The van der Waals surface area contributed by atoms with Crippen LogP contribution in [0.4, 0.5) is 0 Å². The molecular formula is C12H20N2S. The Labute approximate surface area is 95.9 Å². The van der Waals surface area contributed by atoms with E-state index in [1.807, 2.05) is 0 Å². The number of hydrogen-bond donors (Lipinski definition) is 1. The van der Waals surface area contributed by atoms with Gasteiger partial charge in [0.2, 0.25) is 0 Å². The minimum atomic E-state index is 0.423. The maximum Gasteiger partial charge on any atom is 0.0930 e. The highest BCUT2D eigenvalue weighted by atomic mass is 32.1. The third-order valence-electron chi connectivity index (χ3n) is 3.51. The van der Waals surface area contributed by atoms with Gasteiger partial charge in [-0.15, -0.1) is 11.3 Å². The molecule has 2 rings (SSSR count). The van der Waals surface area contributed by atoms with Crippen LogP contribution in [0.1, 0.15) is 36.9 Å². The molecule has 1 aliphatic rings. The largest absolute Gasteiger partial charge is 0.328 e. The van der Waals surface area contributed by atoms with E-state index < -0.39 is 0 Å². The minimum absolute atomic E-state index is 0.423. The summed E-state index contributed by atoms with van der Waals surface area (Å²) in [4.78, 5) is 4.54. The summed E-state index contributed by atoms with van der Waals surface area (Å²) in [7, 11) is 0. The predicted molar refractivity (Wildman–Crippen MR) is 65.0 cm³/mol. The fourth-order valence-corrected chi connectivity index (χ4v) is 3.32. The Morgan fingerprint density at radius 2 is 2.33 bits per heavy atom.